The molecule has 0 aromatic heterocycles. The first-order valence-corrected chi connectivity index (χ1v) is 8.26. The van der Waals surface area contributed by atoms with E-state index in [2.05, 4.69) is 10.6 Å². The first-order chi connectivity index (χ1) is 12.6. The molecule has 0 saturated heterocycles. The molecule has 0 radical (unpaired) electrons. The van der Waals surface area contributed by atoms with Crippen LogP contribution in [0.5, 0.6) is 17.2 Å². The van der Waals surface area contributed by atoms with Crippen LogP contribution < -0.4 is 24.8 Å². The van der Waals surface area contributed by atoms with Crippen molar-refractivity contribution in [1.82, 2.24) is 5.32 Å². The second kappa shape index (κ2) is 8.24. The fourth-order valence-electron chi connectivity index (χ4n) is 2.35. The molecule has 0 spiro atoms. The number of ether oxygens (including phenoxy) is 3. The molecule has 2 aromatic carbocycles. The van der Waals surface area contributed by atoms with Crippen LogP contribution in [0.2, 0.25) is 0 Å². The average Bonchev–Trinajstić information content (AvgIpc) is 3.09. The van der Waals surface area contributed by atoms with E-state index in [1.807, 2.05) is 19.1 Å². The highest BCUT2D eigenvalue weighted by atomic mass is 16.7. The van der Waals surface area contributed by atoms with Gasteiger partial charge in [-0.25, -0.2) is 0 Å². The molecule has 0 atom stereocenters. The average molecular weight is 356 g/mol. The van der Waals surface area contributed by atoms with E-state index in [1.165, 1.54) is 0 Å². The number of fused-ring (bicyclic) bond motifs is 1. The highest BCUT2D eigenvalue weighted by Gasteiger charge is 2.14. The predicted octanol–water partition coefficient (Wildman–Crippen LogP) is 2.25. The Morgan fingerprint density at radius 1 is 1.04 bits per heavy atom. The van der Waals surface area contributed by atoms with Crippen LogP contribution in [0.1, 0.15) is 12.0 Å². The number of amides is 2. The number of benzene rings is 2. The Balaban J connectivity index is 1.35. The summed E-state index contributed by atoms with van der Waals surface area (Å²) in [4.78, 5) is 23.7. The first-order valence-electron chi connectivity index (χ1n) is 8.26. The number of anilines is 1. The number of rotatable bonds is 7. The van der Waals surface area contributed by atoms with Gasteiger partial charge in [0.15, 0.2) is 18.1 Å². The summed E-state index contributed by atoms with van der Waals surface area (Å²) >= 11 is 0. The summed E-state index contributed by atoms with van der Waals surface area (Å²) in [6, 6.07) is 12.6. The van der Waals surface area contributed by atoms with Crippen LogP contribution in [0.4, 0.5) is 5.69 Å². The molecule has 0 unspecified atom stereocenters. The number of nitrogens with one attached hydrogen (secondary N) is 2. The van der Waals surface area contributed by atoms with Gasteiger partial charge in [0, 0.05) is 24.7 Å². The minimum absolute atomic E-state index is 0.0904. The Morgan fingerprint density at radius 2 is 1.81 bits per heavy atom. The summed E-state index contributed by atoms with van der Waals surface area (Å²) in [5.74, 6) is 1.41. The van der Waals surface area contributed by atoms with Crippen molar-refractivity contribution >= 4 is 17.5 Å². The molecule has 1 aliphatic heterocycles. The Morgan fingerprint density at radius 3 is 2.62 bits per heavy atom. The van der Waals surface area contributed by atoms with Crippen LogP contribution in [0.15, 0.2) is 42.5 Å². The fraction of sp³-hybridized carbons (Fsp3) is 0.263. The van der Waals surface area contributed by atoms with Crippen LogP contribution in [-0.2, 0) is 9.59 Å². The molecular formula is C19H20N2O5. The smallest absolute Gasteiger partial charge is 0.257 e. The molecule has 7 heteroatoms. The third-order valence-electron chi connectivity index (χ3n) is 3.72. The van der Waals surface area contributed by atoms with Gasteiger partial charge in [-0.3, -0.25) is 9.59 Å². The largest absolute Gasteiger partial charge is 0.484 e. The van der Waals surface area contributed by atoms with Crippen molar-refractivity contribution in [3.63, 3.8) is 0 Å². The van der Waals surface area contributed by atoms with E-state index in [0.717, 1.165) is 5.56 Å². The minimum Gasteiger partial charge on any atom is -0.484 e. The van der Waals surface area contributed by atoms with Gasteiger partial charge in [0.05, 0.1) is 0 Å². The molecule has 3 rings (SSSR count). The Labute approximate surface area is 151 Å². The number of hydrogen-bond acceptors (Lipinski definition) is 5. The number of carbonyl (C=O) groups is 2. The molecular weight excluding hydrogens is 336 g/mol. The molecule has 0 fully saturated rings. The SMILES string of the molecule is Cc1ccc(OCC(=O)NCCC(=O)Nc2ccc3c(c2)OCO3)cc1. The molecule has 26 heavy (non-hydrogen) atoms. The molecule has 1 heterocycles. The molecule has 0 saturated carbocycles. The quantitative estimate of drug-likeness (QED) is 0.795. The Hall–Kier alpha value is -3.22. The summed E-state index contributed by atoms with van der Waals surface area (Å²) in [6.45, 7) is 2.30. The molecule has 2 amide bonds. The Kier molecular flexibility index (Phi) is 5.58. The monoisotopic (exact) mass is 356 g/mol. The molecule has 1 aliphatic rings. The highest BCUT2D eigenvalue weighted by molar-refractivity contribution is 5.91. The molecule has 2 aromatic rings. The van der Waals surface area contributed by atoms with Gasteiger partial charge in [-0.15, -0.1) is 0 Å². The van der Waals surface area contributed by atoms with Crippen LogP contribution in [0.25, 0.3) is 0 Å². The Bertz CT molecular complexity index is 789. The van der Waals surface area contributed by atoms with E-state index in [0.29, 0.717) is 22.9 Å². The van der Waals surface area contributed by atoms with Gasteiger partial charge in [0.1, 0.15) is 5.75 Å². The van der Waals surface area contributed by atoms with E-state index in [-0.39, 0.29) is 38.2 Å². The van der Waals surface area contributed by atoms with Crippen molar-refractivity contribution in [2.45, 2.75) is 13.3 Å². The lowest BCUT2D eigenvalue weighted by atomic mass is 10.2. The lowest BCUT2D eigenvalue weighted by molar-refractivity contribution is -0.123. The van der Waals surface area contributed by atoms with Crippen molar-refractivity contribution < 1.29 is 23.8 Å². The standard InChI is InChI=1S/C19H20N2O5/c1-13-2-5-15(6-3-13)24-11-19(23)20-9-8-18(22)21-14-4-7-16-17(10-14)26-12-25-16/h2-7,10H,8-9,11-12H2,1H3,(H,20,23)(H,21,22). The highest BCUT2D eigenvalue weighted by Crippen LogP contribution is 2.34. The number of hydrogen-bond donors (Lipinski definition) is 2. The molecule has 2 N–H and O–H groups in total. The fourth-order valence-corrected chi connectivity index (χ4v) is 2.35. The van der Waals surface area contributed by atoms with Gasteiger partial charge >= 0.3 is 0 Å². The zero-order chi connectivity index (χ0) is 18.4. The summed E-state index contributed by atoms with van der Waals surface area (Å²) in [5.41, 5.74) is 1.74. The van der Waals surface area contributed by atoms with Gasteiger partial charge in [-0.2, -0.15) is 0 Å². The van der Waals surface area contributed by atoms with E-state index >= 15 is 0 Å². The summed E-state index contributed by atoms with van der Waals surface area (Å²) in [6.07, 6.45) is 0.157. The maximum Gasteiger partial charge on any atom is 0.257 e. The molecule has 7 nitrogen and oxygen atoms in total. The molecule has 136 valence electrons. The minimum atomic E-state index is -0.276. The van der Waals surface area contributed by atoms with E-state index in [4.69, 9.17) is 14.2 Å². The van der Waals surface area contributed by atoms with Crippen LogP contribution in [0.3, 0.4) is 0 Å². The van der Waals surface area contributed by atoms with E-state index in [1.54, 1.807) is 30.3 Å². The predicted molar refractivity (Wildman–Crippen MR) is 95.5 cm³/mol. The topological polar surface area (TPSA) is 85.9 Å². The van der Waals surface area contributed by atoms with Crippen molar-refractivity contribution in [3.05, 3.63) is 48.0 Å². The number of aryl methyl sites for hydroxylation is 1. The van der Waals surface area contributed by atoms with Gasteiger partial charge in [-0.05, 0) is 31.2 Å². The van der Waals surface area contributed by atoms with Crippen molar-refractivity contribution in [2.75, 3.05) is 25.3 Å². The van der Waals surface area contributed by atoms with Gasteiger partial charge in [0.25, 0.3) is 5.91 Å². The van der Waals surface area contributed by atoms with Gasteiger partial charge < -0.3 is 24.8 Å². The van der Waals surface area contributed by atoms with Crippen LogP contribution in [-0.4, -0.2) is 31.8 Å². The zero-order valence-electron chi connectivity index (χ0n) is 14.4. The first kappa shape index (κ1) is 17.6. The summed E-state index contributed by atoms with van der Waals surface area (Å²) in [5, 5.41) is 5.40. The normalized spacial score (nSPS) is 11.7. The maximum atomic E-state index is 11.9. The lowest BCUT2D eigenvalue weighted by Gasteiger charge is -2.08. The van der Waals surface area contributed by atoms with Gasteiger partial charge in [0.2, 0.25) is 12.7 Å². The zero-order valence-corrected chi connectivity index (χ0v) is 14.4. The van der Waals surface area contributed by atoms with Gasteiger partial charge in [-0.1, -0.05) is 17.7 Å². The van der Waals surface area contributed by atoms with Crippen molar-refractivity contribution in [2.24, 2.45) is 0 Å². The molecule has 0 bridgehead atoms. The lowest BCUT2D eigenvalue weighted by Crippen LogP contribution is -2.31. The van der Waals surface area contributed by atoms with E-state index in [9.17, 15) is 9.59 Å². The summed E-state index contributed by atoms with van der Waals surface area (Å²) in [7, 11) is 0. The molecule has 0 aliphatic carbocycles. The summed E-state index contributed by atoms with van der Waals surface area (Å²) < 4.78 is 15.9. The third-order valence-corrected chi connectivity index (χ3v) is 3.72. The second-order valence-electron chi connectivity index (χ2n) is 5.82. The van der Waals surface area contributed by atoms with Crippen molar-refractivity contribution in [3.8, 4) is 17.2 Å². The maximum absolute atomic E-state index is 11.9. The van der Waals surface area contributed by atoms with E-state index < -0.39 is 0 Å². The van der Waals surface area contributed by atoms with Crippen LogP contribution in [0, 0.1) is 6.92 Å². The van der Waals surface area contributed by atoms with Crippen molar-refractivity contribution in [1.29, 1.82) is 0 Å². The third kappa shape index (κ3) is 4.89. The number of carbonyl (C=O) groups excluding carboxylic acids is 2. The van der Waals surface area contributed by atoms with Crippen LogP contribution >= 0.6 is 0 Å². The second-order valence-corrected chi connectivity index (χ2v) is 5.82.